The van der Waals surface area contributed by atoms with Crippen LogP contribution in [-0.2, 0) is 0 Å². The molecule has 0 fully saturated rings. The van der Waals surface area contributed by atoms with Crippen LogP contribution in [0.1, 0.15) is 0 Å². The Balaban J connectivity index is 0.996. The third kappa shape index (κ3) is 5.82. The number of benzene rings is 10. The molecule has 0 N–H and O–H groups in total. The summed E-state index contributed by atoms with van der Waals surface area (Å²) in [5, 5.41) is 7.07. The molecule has 0 aliphatic rings. The molecule has 0 saturated carbocycles. The van der Waals surface area contributed by atoms with E-state index in [9.17, 15) is 0 Å². The number of nitrogens with zero attached hydrogens (tertiary/aromatic N) is 2. The molecule has 0 bridgehead atoms. The minimum absolute atomic E-state index is 0.877. The summed E-state index contributed by atoms with van der Waals surface area (Å²) in [6.07, 6.45) is 0. The molecule has 61 heavy (non-hydrogen) atoms. The maximum Gasteiger partial charge on any atom is 0.143 e. The largest absolute Gasteiger partial charge is 0.455 e. The highest BCUT2D eigenvalue weighted by Crippen LogP contribution is 2.46. The van der Waals surface area contributed by atoms with Gasteiger partial charge in [0.1, 0.15) is 11.2 Å². The summed E-state index contributed by atoms with van der Waals surface area (Å²) in [5.74, 6) is 0. The lowest BCUT2D eigenvalue weighted by atomic mass is 9.97. The van der Waals surface area contributed by atoms with E-state index in [1.165, 1.54) is 27.2 Å². The molecule has 286 valence electrons. The lowest BCUT2D eigenvalue weighted by Gasteiger charge is -2.30. The van der Waals surface area contributed by atoms with Crippen molar-refractivity contribution in [2.75, 3.05) is 4.90 Å². The van der Waals surface area contributed by atoms with Crippen LogP contribution in [0.25, 0.3) is 93.6 Å². The number of furan rings is 1. The Kier molecular flexibility index (Phi) is 8.17. The van der Waals surface area contributed by atoms with Crippen molar-refractivity contribution in [1.29, 1.82) is 0 Å². The van der Waals surface area contributed by atoms with Gasteiger partial charge < -0.3 is 13.9 Å². The number of fused-ring (bicyclic) bond motifs is 8. The van der Waals surface area contributed by atoms with Crippen LogP contribution >= 0.6 is 0 Å². The zero-order valence-electron chi connectivity index (χ0n) is 33.2. The monoisotopic (exact) mass is 778 g/mol. The van der Waals surface area contributed by atoms with Crippen molar-refractivity contribution in [1.82, 2.24) is 4.57 Å². The molecular weight excluding hydrogens is 741 g/mol. The van der Waals surface area contributed by atoms with Gasteiger partial charge in [-0.05, 0) is 94.4 Å². The third-order valence-electron chi connectivity index (χ3n) is 12.2. The number of hydrogen-bond donors (Lipinski definition) is 0. The van der Waals surface area contributed by atoms with E-state index in [0.717, 1.165) is 83.5 Å². The zero-order valence-corrected chi connectivity index (χ0v) is 33.2. The summed E-state index contributed by atoms with van der Waals surface area (Å²) in [5.41, 5.74) is 15.4. The average molecular weight is 779 g/mol. The SMILES string of the molecule is c1ccc(-c2ccccc2N(c2ccc(-c3cccc(-n4c5ccccc5c5ccccc54)c3)cc2)c2ccccc2-c2ccc3c(c2)oc2c4ccccc4ccc32)cc1. The van der Waals surface area contributed by atoms with Crippen molar-refractivity contribution in [3.63, 3.8) is 0 Å². The Hall–Kier alpha value is -8.14. The molecule has 0 unspecified atom stereocenters. The van der Waals surface area contributed by atoms with Gasteiger partial charge in [-0.25, -0.2) is 0 Å². The van der Waals surface area contributed by atoms with Gasteiger partial charge >= 0.3 is 0 Å². The molecule has 3 heteroatoms. The molecular formula is C58H38N2O. The van der Waals surface area contributed by atoms with Crippen LogP contribution < -0.4 is 4.90 Å². The van der Waals surface area contributed by atoms with E-state index in [1.807, 2.05) is 0 Å². The Bertz CT molecular complexity index is 3540. The number of hydrogen-bond acceptors (Lipinski definition) is 2. The second kappa shape index (κ2) is 14.3. The van der Waals surface area contributed by atoms with Gasteiger partial charge in [0.05, 0.1) is 22.4 Å². The normalized spacial score (nSPS) is 11.6. The van der Waals surface area contributed by atoms with Crippen LogP contribution in [0.2, 0.25) is 0 Å². The second-order valence-corrected chi connectivity index (χ2v) is 15.7. The van der Waals surface area contributed by atoms with Crippen LogP contribution in [0.4, 0.5) is 17.1 Å². The highest BCUT2D eigenvalue weighted by atomic mass is 16.3. The standard InChI is InChI=1S/C58H38N2O/c1-2-15-40(16-3-1)46-20-6-10-25-53(46)59(54-26-11-7-21-47(54)43-32-35-51-52-36-31-41-17-4-5-22-48(41)58(52)61-57(51)38-43)44-33-29-39(30-34-44)42-18-14-19-45(37-42)60-55-27-12-8-23-49(55)50-24-9-13-28-56(50)60/h1-38H. The molecule has 0 amide bonds. The predicted molar refractivity (Wildman–Crippen MR) is 257 cm³/mol. The van der Waals surface area contributed by atoms with E-state index in [-0.39, 0.29) is 0 Å². The van der Waals surface area contributed by atoms with Crippen molar-refractivity contribution in [3.8, 4) is 39.1 Å². The molecule has 2 aromatic heterocycles. The second-order valence-electron chi connectivity index (χ2n) is 15.7. The molecule has 10 aromatic carbocycles. The average Bonchev–Trinajstić information content (AvgIpc) is 3.88. The highest BCUT2D eigenvalue weighted by molar-refractivity contribution is 6.15. The van der Waals surface area contributed by atoms with E-state index in [2.05, 4.69) is 240 Å². The summed E-state index contributed by atoms with van der Waals surface area (Å²) >= 11 is 0. The summed E-state index contributed by atoms with van der Waals surface area (Å²) in [6.45, 7) is 0. The summed E-state index contributed by atoms with van der Waals surface area (Å²) in [6, 6.07) is 82.9. The van der Waals surface area contributed by atoms with E-state index < -0.39 is 0 Å². The fourth-order valence-electron chi connectivity index (χ4n) is 9.35. The summed E-state index contributed by atoms with van der Waals surface area (Å²) in [4.78, 5) is 2.41. The van der Waals surface area contributed by atoms with E-state index in [4.69, 9.17) is 4.42 Å². The molecule has 12 aromatic rings. The lowest BCUT2D eigenvalue weighted by Crippen LogP contribution is -2.12. The predicted octanol–water partition coefficient (Wildman–Crippen LogP) is 16.3. The molecule has 0 spiro atoms. The first-order chi connectivity index (χ1) is 30.3. The van der Waals surface area contributed by atoms with Crippen LogP contribution in [0.15, 0.2) is 235 Å². The minimum atomic E-state index is 0.877. The van der Waals surface area contributed by atoms with Crippen molar-refractivity contribution in [2.24, 2.45) is 0 Å². The topological polar surface area (TPSA) is 21.3 Å². The van der Waals surface area contributed by atoms with Crippen LogP contribution in [0, 0.1) is 0 Å². The number of anilines is 3. The quantitative estimate of drug-likeness (QED) is 0.161. The van der Waals surface area contributed by atoms with E-state index >= 15 is 0 Å². The number of rotatable bonds is 7. The van der Waals surface area contributed by atoms with Gasteiger partial charge in [-0.1, -0.05) is 164 Å². The highest BCUT2D eigenvalue weighted by Gasteiger charge is 2.22. The van der Waals surface area contributed by atoms with E-state index in [1.54, 1.807) is 0 Å². The number of aromatic nitrogens is 1. The van der Waals surface area contributed by atoms with Crippen molar-refractivity contribution in [2.45, 2.75) is 0 Å². The van der Waals surface area contributed by atoms with Gasteiger partial charge in [0.2, 0.25) is 0 Å². The van der Waals surface area contributed by atoms with Crippen molar-refractivity contribution in [3.05, 3.63) is 231 Å². The van der Waals surface area contributed by atoms with Crippen LogP contribution in [-0.4, -0.2) is 4.57 Å². The Morgan fingerprint density at radius 3 is 1.66 bits per heavy atom. The van der Waals surface area contributed by atoms with Crippen molar-refractivity contribution >= 4 is 71.6 Å². The minimum Gasteiger partial charge on any atom is -0.455 e. The maximum absolute atomic E-state index is 6.69. The van der Waals surface area contributed by atoms with Gasteiger partial charge in [-0.2, -0.15) is 0 Å². The first kappa shape index (κ1) is 34.9. The van der Waals surface area contributed by atoms with Crippen LogP contribution in [0.5, 0.6) is 0 Å². The van der Waals surface area contributed by atoms with Crippen molar-refractivity contribution < 1.29 is 4.42 Å². The number of para-hydroxylation sites is 4. The van der Waals surface area contributed by atoms with Crippen LogP contribution in [0.3, 0.4) is 0 Å². The van der Waals surface area contributed by atoms with E-state index in [0.29, 0.717) is 0 Å². The zero-order chi connectivity index (χ0) is 40.3. The first-order valence-corrected chi connectivity index (χ1v) is 20.8. The first-order valence-electron chi connectivity index (χ1n) is 20.8. The fraction of sp³-hybridized carbons (Fsp3) is 0. The molecule has 0 atom stereocenters. The van der Waals surface area contributed by atoms with Gasteiger partial charge in [-0.15, -0.1) is 0 Å². The Morgan fingerprint density at radius 2 is 0.918 bits per heavy atom. The third-order valence-corrected chi connectivity index (χ3v) is 12.2. The maximum atomic E-state index is 6.69. The summed E-state index contributed by atoms with van der Waals surface area (Å²) in [7, 11) is 0. The Morgan fingerprint density at radius 1 is 0.344 bits per heavy atom. The molecule has 0 saturated heterocycles. The molecule has 0 aliphatic heterocycles. The van der Waals surface area contributed by atoms with Gasteiger partial charge in [0.15, 0.2) is 0 Å². The molecule has 12 rings (SSSR count). The molecule has 0 radical (unpaired) electrons. The molecule has 3 nitrogen and oxygen atoms in total. The van der Waals surface area contributed by atoms with Gasteiger partial charge in [0.25, 0.3) is 0 Å². The lowest BCUT2D eigenvalue weighted by molar-refractivity contribution is 0.673. The van der Waals surface area contributed by atoms with Gasteiger partial charge in [0, 0.05) is 49.4 Å². The molecule has 0 aliphatic carbocycles. The smallest absolute Gasteiger partial charge is 0.143 e. The molecule has 2 heterocycles. The summed E-state index contributed by atoms with van der Waals surface area (Å²) < 4.78 is 9.07. The van der Waals surface area contributed by atoms with Gasteiger partial charge in [-0.3, -0.25) is 0 Å². The fourth-order valence-corrected chi connectivity index (χ4v) is 9.35. The Labute approximate surface area is 353 Å².